The summed E-state index contributed by atoms with van der Waals surface area (Å²) >= 11 is 0. The first kappa shape index (κ1) is 9.22. The Bertz CT molecular complexity index is 140. The Labute approximate surface area is 64.0 Å². The van der Waals surface area contributed by atoms with E-state index in [4.69, 9.17) is 0 Å². The lowest BCUT2D eigenvalue weighted by Gasteiger charge is -1.94. The van der Waals surface area contributed by atoms with Crippen molar-refractivity contribution in [2.45, 2.75) is 20.3 Å². The maximum absolute atomic E-state index is 3.80. The molecule has 0 bridgehead atoms. The van der Waals surface area contributed by atoms with E-state index >= 15 is 0 Å². The summed E-state index contributed by atoms with van der Waals surface area (Å²) in [4.78, 5) is 0. The van der Waals surface area contributed by atoms with Crippen LogP contribution in [0, 0.1) is 5.92 Å². The molecule has 0 aromatic carbocycles. The van der Waals surface area contributed by atoms with E-state index in [1.807, 2.05) is 13.0 Å². The van der Waals surface area contributed by atoms with Gasteiger partial charge in [-0.05, 0) is 19.3 Å². The Kier molecular flexibility index (Phi) is 4.65. The lowest BCUT2D eigenvalue weighted by atomic mass is 10.1. The fourth-order valence-electron chi connectivity index (χ4n) is 0.562. The van der Waals surface area contributed by atoms with E-state index in [0.29, 0.717) is 5.92 Å². The predicted octanol–water partition coefficient (Wildman–Crippen LogP) is 3.33. The molecule has 0 aliphatic rings. The standard InChI is InChI=1S/C10H16/c1-5-10(4)8-6-7-9(2)3/h5-6,8,10H,1-2,7H2,3-4H3/b8-6+. The van der Waals surface area contributed by atoms with Crippen LogP contribution in [0.5, 0.6) is 0 Å². The summed E-state index contributed by atoms with van der Waals surface area (Å²) in [5, 5.41) is 0. The average Bonchev–Trinajstić information content (AvgIpc) is 1.87. The van der Waals surface area contributed by atoms with Crippen LogP contribution >= 0.6 is 0 Å². The van der Waals surface area contributed by atoms with Gasteiger partial charge >= 0.3 is 0 Å². The van der Waals surface area contributed by atoms with Crippen LogP contribution in [0.25, 0.3) is 0 Å². The van der Waals surface area contributed by atoms with Gasteiger partial charge in [0.25, 0.3) is 0 Å². The highest BCUT2D eigenvalue weighted by molar-refractivity contribution is 5.02. The van der Waals surface area contributed by atoms with E-state index in [9.17, 15) is 0 Å². The zero-order valence-corrected chi connectivity index (χ0v) is 6.93. The Morgan fingerprint density at radius 1 is 1.60 bits per heavy atom. The largest absolute Gasteiger partial charge is 0.102 e. The average molecular weight is 136 g/mol. The normalized spacial score (nSPS) is 13.4. The topological polar surface area (TPSA) is 0 Å². The molecular weight excluding hydrogens is 120 g/mol. The lowest BCUT2D eigenvalue weighted by molar-refractivity contribution is 0.935. The lowest BCUT2D eigenvalue weighted by Crippen LogP contribution is -1.79. The van der Waals surface area contributed by atoms with Gasteiger partial charge in [-0.2, -0.15) is 0 Å². The monoisotopic (exact) mass is 136 g/mol. The second-order valence-corrected chi connectivity index (χ2v) is 2.68. The zero-order valence-electron chi connectivity index (χ0n) is 6.93. The van der Waals surface area contributed by atoms with Crippen molar-refractivity contribution in [3.05, 3.63) is 37.0 Å². The molecule has 0 rings (SSSR count). The maximum Gasteiger partial charge on any atom is -0.00845 e. The minimum Gasteiger partial charge on any atom is -0.102 e. The third-order valence-electron chi connectivity index (χ3n) is 1.28. The van der Waals surface area contributed by atoms with Crippen molar-refractivity contribution in [3.8, 4) is 0 Å². The highest BCUT2D eigenvalue weighted by Crippen LogP contribution is 2.01. The number of allylic oxidation sites excluding steroid dienone is 4. The maximum atomic E-state index is 3.80. The van der Waals surface area contributed by atoms with E-state index < -0.39 is 0 Å². The molecule has 0 radical (unpaired) electrons. The van der Waals surface area contributed by atoms with Crippen LogP contribution in [0.4, 0.5) is 0 Å². The van der Waals surface area contributed by atoms with Crippen LogP contribution in [0.2, 0.25) is 0 Å². The molecule has 0 heterocycles. The number of hydrogen-bond acceptors (Lipinski definition) is 0. The zero-order chi connectivity index (χ0) is 7.98. The summed E-state index contributed by atoms with van der Waals surface area (Å²) in [5.41, 5.74) is 1.20. The molecule has 0 saturated heterocycles. The van der Waals surface area contributed by atoms with Crippen molar-refractivity contribution in [2.24, 2.45) is 5.92 Å². The van der Waals surface area contributed by atoms with Gasteiger partial charge < -0.3 is 0 Å². The molecule has 10 heavy (non-hydrogen) atoms. The van der Waals surface area contributed by atoms with Crippen LogP contribution < -0.4 is 0 Å². The molecule has 0 heteroatoms. The van der Waals surface area contributed by atoms with Gasteiger partial charge in [0.2, 0.25) is 0 Å². The summed E-state index contributed by atoms with van der Waals surface area (Å²) < 4.78 is 0. The molecule has 0 saturated carbocycles. The Balaban J connectivity index is 3.55. The van der Waals surface area contributed by atoms with Crippen molar-refractivity contribution in [1.82, 2.24) is 0 Å². The van der Waals surface area contributed by atoms with Gasteiger partial charge in [0, 0.05) is 0 Å². The van der Waals surface area contributed by atoms with Gasteiger partial charge in [-0.25, -0.2) is 0 Å². The van der Waals surface area contributed by atoms with Crippen LogP contribution in [-0.2, 0) is 0 Å². The Morgan fingerprint density at radius 3 is 2.60 bits per heavy atom. The van der Waals surface area contributed by atoms with Crippen LogP contribution in [-0.4, -0.2) is 0 Å². The van der Waals surface area contributed by atoms with Gasteiger partial charge in [-0.1, -0.05) is 37.3 Å². The Morgan fingerprint density at radius 2 is 2.20 bits per heavy atom. The smallest absolute Gasteiger partial charge is 0.00845 e. The number of rotatable bonds is 4. The van der Waals surface area contributed by atoms with Gasteiger partial charge in [0.15, 0.2) is 0 Å². The van der Waals surface area contributed by atoms with E-state index in [-0.39, 0.29) is 0 Å². The van der Waals surface area contributed by atoms with Crippen LogP contribution in [0.15, 0.2) is 37.0 Å². The van der Waals surface area contributed by atoms with Crippen molar-refractivity contribution >= 4 is 0 Å². The second kappa shape index (κ2) is 5.04. The third kappa shape index (κ3) is 5.36. The van der Waals surface area contributed by atoms with Crippen molar-refractivity contribution in [2.75, 3.05) is 0 Å². The summed E-state index contributed by atoms with van der Waals surface area (Å²) in [6.07, 6.45) is 7.18. The van der Waals surface area contributed by atoms with Gasteiger partial charge in [0.1, 0.15) is 0 Å². The molecular formula is C10H16. The molecule has 0 aliphatic heterocycles. The molecule has 0 aromatic rings. The summed E-state index contributed by atoms with van der Waals surface area (Å²) in [6.45, 7) is 11.6. The highest BCUT2D eigenvalue weighted by atomic mass is 13.9. The molecule has 56 valence electrons. The molecule has 0 amide bonds. The van der Waals surface area contributed by atoms with Crippen LogP contribution in [0.3, 0.4) is 0 Å². The second-order valence-electron chi connectivity index (χ2n) is 2.68. The summed E-state index contributed by atoms with van der Waals surface area (Å²) in [5.74, 6) is 0.486. The van der Waals surface area contributed by atoms with E-state index in [1.54, 1.807) is 0 Å². The van der Waals surface area contributed by atoms with E-state index in [1.165, 1.54) is 5.57 Å². The van der Waals surface area contributed by atoms with Crippen LogP contribution in [0.1, 0.15) is 20.3 Å². The van der Waals surface area contributed by atoms with E-state index in [0.717, 1.165) is 6.42 Å². The first-order valence-corrected chi connectivity index (χ1v) is 3.60. The fraction of sp³-hybridized carbons (Fsp3) is 0.400. The SMILES string of the molecule is C=CC(C)/C=C/CC(=C)C. The minimum atomic E-state index is 0.486. The van der Waals surface area contributed by atoms with Crippen molar-refractivity contribution < 1.29 is 0 Å². The third-order valence-corrected chi connectivity index (χ3v) is 1.28. The molecule has 0 aliphatic carbocycles. The van der Waals surface area contributed by atoms with E-state index in [2.05, 4.69) is 32.2 Å². The van der Waals surface area contributed by atoms with Gasteiger partial charge in [-0.3, -0.25) is 0 Å². The Hall–Kier alpha value is -0.780. The molecule has 1 unspecified atom stereocenters. The first-order valence-electron chi connectivity index (χ1n) is 3.60. The van der Waals surface area contributed by atoms with Gasteiger partial charge in [-0.15, -0.1) is 6.58 Å². The molecule has 0 fully saturated rings. The molecule has 0 nitrogen and oxygen atoms in total. The first-order chi connectivity index (χ1) is 4.66. The van der Waals surface area contributed by atoms with Crippen molar-refractivity contribution in [1.29, 1.82) is 0 Å². The molecule has 0 spiro atoms. The summed E-state index contributed by atoms with van der Waals surface area (Å²) in [6, 6.07) is 0. The molecule has 0 N–H and O–H groups in total. The predicted molar refractivity (Wildman–Crippen MR) is 47.9 cm³/mol. The highest BCUT2D eigenvalue weighted by Gasteiger charge is 1.85. The minimum absolute atomic E-state index is 0.486. The quantitative estimate of drug-likeness (QED) is 0.520. The molecule has 0 aromatic heterocycles. The van der Waals surface area contributed by atoms with Crippen molar-refractivity contribution in [3.63, 3.8) is 0 Å². The summed E-state index contributed by atoms with van der Waals surface area (Å²) in [7, 11) is 0. The number of hydrogen-bond donors (Lipinski definition) is 0. The fourth-order valence-corrected chi connectivity index (χ4v) is 0.562. The molecule has 1 atom stereocenters. The van der Waals surface area contributed by atoms with Gasteiger partial charge in [0.05, 0.1) is 0 Å².